The molecule has 0 amide bonds. The quantitative estimate of drug-likeness (QED) is 0.511. The Labute approximate surface area is 174 Å². The van der Waals surface area contributed by atoms with Crippen molar-refractivity contribution in [1.82, 2.24) is 20.4 Å². The summed E-state index contributed by atoms with van der Waals surface area (Å²) in [5.41, 5.74) is 0.0686. The standard InChI is InChI=1S/C22H37F2N5/c1-6-25-22(27-17-10-12-29(13-11-17)15-16(2)3)26-14-20(28(4)5)21-18(23)8-7-9-19(21)24/h7-9,16-17,20H,6,10-15H2,1-5H3,(H2,25,26,27). The third kappa shape index (κ3) is 7.23. The van der Waals surface area contributed by atoms with E-state index in [2.05, 4.69) is 34.4 Å². The lowest BCUT2D eigenvalue weighted by Crippen LogP contribution is -2.49. The monoisotopic (exact) mass is 409 g/mol. The van der Waals surface area contributed by atoms with E-state index in [0.29, 0.717) is 17.9 Å². The number of piperidine rings is 1. The Kier molecular flexibility index (Phi) is 9.30. The fourth-order valence-corrected chi connectivity index (χ4v) is 3.81. The molecule has 1 fully saturated rings. The van der Waals surface area contributed by atoms with Crippen LogP contribution in [-0.4, -0.2) is 68.6 Å². The summed E-state index contributed by atoms with van der Waals surface area (Å²) in [5.74, 6) is 0.322. The number of likely N-dealkylation sites (N-methyl/N-ethyl adjacent to an activating group) is 1. The molecule has 1 aromatic carbocycles. The normalized spacial score (nSPS) is 17.8. The number of nitrogens with zero attached hydrogens (tertiary/aromatic N) is 3. The number of guanidine groups is 1. The highest BCUT2D eigenvalue weighted by Gasteiger charge is 2.23. The van der Waals surface area contributed by atoms with E-state index in [1.165, 1.54) is 18.2 Å². The second kappa shape index (κ2) is 11.5. The first-order valence-electron chi connectivity index (χ1n) is 10.7. The molecule has 0 saturated carbocycles. The Morgan fingerprint density at radius 3 is 2.34 bits per heavy atom. The van der Waals surface area contributed by atoms with Crippen LogP contribution < -0.4 is 10.6 Å². The van der Waals surface area contributed by atoms with E-state index in [1.807, 2.05) is 21.0 Å². The number of benzene rings is 1. The molecule has 1 aliphatic heterocycles. The molecule has 0 bridgehead atoms. The number of nitrogens with one attached hydrogen (secondary N) is 2. The van der Waals surface area contributed by atoms with Crippen molar-refractivity contribution in [3.05, 3.63) is 35.4 Å². The van der Waals surface area contributed by atoms with Gasteiger partial charge in [-0.1, -0.05) is 19.9 Å². The van der Waals surface area contributed by atoms with Crippen molar-refractivity contribution in [3.8, 4) is 0 Å². The van der Waals surface area contributed by atoms with Gasteiger partial charge in [-0.25, -0.2) is 8.78 Å². The van der Waals surface area contributed by atoms with Crippen LogP contribution >= 0.6 is 0 Å². The van der Waals surface area contributed by atoms with Crippen molar-refractivity contribution in [3.63, 3.8) is 0 Å². The van der Waals surface area contributed by atoms with Gasteiger partial charge in [0.2, 0.25) is 0 Å². The van der Waals surface area contributed by atoms with Crippen molar-refractivity contribution in [2.45, 2.75) is 45.7 Å². The minimum atomic E-state index is -0.533. The number of hydrogen-bond acceptors (Lipinski definition) is 3. The molecular weight excluding hydrogens is 372 g/mol. The van der Waals surface area contributed by atoms with Crippen LogP contribution in [0.3, 0.4) is 0 Å². The van der Waals surface area contributed by atoms with E-state index >= 15 is 0 Å². The number of hydrogen-bond donors (Lipinski definition) is 2. The number of likely N-dealkylation sites (tertiary alicyclic amines) is 1. The fraction of sp³-hybridized carbons (Fsp3) is 0.682. The highest BCUT2D eigenvalue weighted by molar-refractivity contribution is 5.80. The molecule has 164 valence electrons. The fourth-order valence-electron chi connectivity index (χ4n) is 3.81. The van der Waals surface area contributed by atoms with Gasteiger partial charge in [-0.3, -0.25) is 4.99 Å². The first-order chi connectivity index (χ1) is 13.8. The van der Waals surface area contributed by atoms with Gasteiger partial charge in [0.1, 0.15) is 11.6 Å². The molecule has 1 atom stereocenters. The van der Waals surface area contributed by atoms with Crippen molar-refractivity contribution in [2.24, 2.45) is 10.9 Å². The summed E-state index contributed by atoms with van der Waals surface area (Å²) in [4.78, 5) is 8.98. The topological polar surface area (TPSA) is 42.9 Å². The zero-order chi connectivity index (χ0) is 21.4. The molecule has 0 aliphatic carbocycles. The van der Waals surface area contributed by atoms with Gasteiger partial charge < -0.3 is 20.4 Å². The van der Waals surface area contributed by atoms with Gasteiger partial charge in [-0.15, -0.1) is 0 Å². The summed E-state index contributed by atoms with van der Waals surface area (Å²) >= 11 is 0. The maximum Gasteiger partial charge on any atom is 0.191 e. The first kappa shape index (κ1) is 23.5. The first-order valence-corrected chi connectivity index (χ1v) is 10.7. The highest BCUT2D eigenvalue weighted by atomic mass is 19.1. The molecule has 2 rings (SSSR count). The summed E-state index contributed by atoms with van der Waals surface area (Å²) in [6, 6.07) is 3.88. The lowest BCUT2D eigenvalue weighted by molar-refractivity contribution is 0.186. The average molecular weight is 410 g/mol. The Morgan fingerprint density at radius 2 is 1.83 bits per heavy atom. The Hall–Kier alpha value is -1.73. The summed E-state index contributed by atoms with van der Waals surface area (Å²) in [6.45, 7) is 10.8. The van der Waals surface area contributed by atoms with Gasteiger partial charge in [0.25, 0.3) is 0 Å². The molecule has 1 aliphatic rings. The minimum Gasteiger partial charge on any atom is -0.357 e. The third-order valence-corrected chi connectivity index (χ3v) is 5.27. The largest absolute Gasteiger partial charge is 0.357 e. The van der Waals surface area contributed by atoms with E-state index in [1.54, 1.807) is 4.90 Å². The SMILES string of the molecule is CCNC(=NCC(c1c(F)cccc1F)N(C)C)NC1CCN(CC(C)C)CC1. The van der Waals surface area contributed by atoms with Crippen molar-refractivity contribution < 1.29 is 8.78 Å². The van der Waals surface area contributed by atoms with Crippen LogP contribution in [0.15, 0.2) is 23.2 Å². The van der Waals surface area contributed by atoms with Gasteiger partial charge in [0, 0.05) is 37.8 Å². The lowest BCUT2D eigenvalue weighted by atomic mass is 10.0. The average Bonchev–Trinajstić information content (AvgIpc) is 2.65. The van der Waals surface area contributed by atoms with E-state index in [-0.39, 0.29) is 12.1 Å². The molecule has 1 heterocycles. The molecule has 0 aromatic heterocycles. The molecule has 5 nitrogen and oxygen atoms in total. The molecule has 1 saturated heterocycles. The van der Waals surface area contributed by atoms with Crippen LogP contribution in [0.25, 0.3) is 0 Å². The molecular formula is C22H37F2N5. The third-order valence-electron chi connectivity index (χ3n) is 5.27. The zero-order valence-electron chi connectivity index (χ0n) is 18.5. The van der Waals surface area contributed by atoms with Crippen molar-refractivity contribution in [1.29, 1.82) is 0 Å². The van der Waals surface area contributed by atoms with Crippen LogP contribution in [0.2, 0.25) is 0 Å². The van der Waals surface area contributed by atoms with Crippen LogP contribution in [0.1, 0.15) is 45.2 Å². The maximum absolute atomic E-state index is 14.3. The second-order valence-corrected chi connectivity index (χ2v) is 8.45. The summed E-state index contributed by atoms with van der Waals surface area (Å²) in [7, 11) is 3.63. The van der Waals surface area contributed by atoms with E-state index < -0.39 is 17.7 Å². The Balaban J connectivity index is 2.03. The van der Waals surface area contributed by atoms with Gasteiger partial charge >= 0.3 is 0 Å². The molecule has 0 radical (unpaired) electrons. The van der Waals surface area contributed by atoms with Gasteiger partial charge in [-0.2, -0.15) is 0 Å². The van der Waals surface area contributed by atoms with Crippen LogP contribution in [0, 0.1) is 17.6 Å². The van der Waals surface area contributed by atoms with Crippen LogP contribution in [0.4, 0.5) is 8.78 Å². The summed E-state index contributed by atoms with van der Waals surface area (Å²) < 4.78 is 28.6. The molecule has 7 heteroatoms. The number of rotatable bonds is 8. The molecule has 0 spiro atoms. The predicted octanol–water partition coefficient (Wildman–Crippen LogP) is 3.24. The van der Waals surface area contributed by atoms with Crippen LogP contribution in [-0.2, 0) is 0 Å². The Morgan fingerprint density at radius 1 is 1.21 bits per heavy atom. The molecule has 29 heavy (non-hydrogen) atoms. The van der Waals surface area contributed by atoms with E-state index in [4.69, 9.17) is 0 Å². The molecule has 1 unspecified atom stereocenters. The minimum absolute atomic E-state index is 0.0686. The predicted molar refractivity (Wildman–Crippen MR) is 116 cm³/mol. The van der Waals surface area contributed by atoms with Crippen LogP contribution in [0.5, 0.6) is 0 Å². The van der Waals surface area contributed by atoms with E-state index in [9.17, 15) is 8.78 Å². The maximum atomic E-state index is 14.3. The summed E-state index contributed by atoms with van der Waals surface area (Å²) in [6.07, 6.45) is 2.13. The zero-order valence-corrected chi connectivity index (χ0v) is 18.5. The van der Waals surface area contributed by atoms with Gasteiger partial charge in [-0.05, 0) is 51.9 Å². The van der Waals surface area contributed by atoms with E-state index in [0.717, 1.165) is 39.0 Å². The van der Waals surface area contributed by atoms with Gasteiger partial charge in [0.15, 0.2) is 5.96 Å². The van der Waals surface area contributed by atoms with Crippen molar-refractivity contribution >= 4 is 5.96 Å². The summed E-state index contributed by atoms with van der Waals surface area (Å²) in [5, 5.41) is 6.78. The highest BCUT2D eigenvalue weighted by Crippen LogP contribution is 2.24. The lowest BCUT2D eigenvalue weighted by Gasteiger charge is -2.34. The number of halogens is 2. The Bertz CT molecular complexity index is 634. The number of aliphatic imine (C=N–C) groups is 1. The van der Waals surface area contributed by atoms with Crippen molar-refractivity contribution in [2.75, 3.05) is 46.8 Å². The van der Waals surface area contributed by atoms with Gasteiger partial charge in [0.05, 0.1) is 12.6 Å². The second-order valence-electron chi connectivity index (χ2n) is 8.45. The smallest absolute Gasteiger partial charge is 0.191 e. The molecule has 1 aromatic rings. The molecule has 2 N–H and O–H groups in total.